The van der Waals surface area contributed by atoms with Crippen LogP contribution in [0.5, 0.6) is 11.5 Å². The van der Waals surface area contributed by atoms with E-state index < -0.39 is 0 Å². The number of nitrogens with one attached hydrogen (secondary N) is 1. The van der Waals surface area contributed by atoms with E-state index in [2.05, 4.69) is 5.32 Å². The second-order valence-electron chi connectivity index (χ2n) is 7.30. The van der Waals surface area contributed by atoms with Crippen LogP contribution in [0.1, 0.15) is 36.8 Å². The van der Waals surface area contributed by atoms with Gasteiger partial charge in [0.05, 0.1) is 4.91 Å². The molecule has 3 N–H and O–H groups in total. The van der Waals surface area contributed by atoms with Gasteiger partial charge in [0.25, 0.3) is 5.91 Å². The smallest absolute Gasteiger partial charge is 0.266 e. The van der Waals surface area contributed by atoms with Gasteiger partial charge in [-0.25, -0.2) is 0 Å². The summed E-state index contributed by atoms with van der Waals surface area (Å²) in [5, 5.41) is 22.2. The van der Waals surface area contributed by atoms with Crippen LogP contribution in [0.25, 0.3) is 6.08 Å². The van der Waals surface area contributed by atoms with Crippen LogP contribution < -0.4 is 5.32 Å². The molecule has 0 spiro atoms. The number of anilines is 1. The molecule has 8 heteroatoms. The van der Waals surface area contributed by atoms with Gasteiger partial charge in [-0.3, -0.25) is 14.5 Å². The highest BCUT2D eigenvalue weighted by molar-refractivity contribution is 8.26. The summed E-state index contributed by atoms with van der Waals surface area (Å²) < 4.78 is 0.478. The summed E-state index contributed by atoms with van der Waals surface area (Å²) in [5.41, 5.74) is 2.38. The number of nitrogens with zero attached hydrogens (tertiary/aromatic N) is 1. The van der Waals surface area contributed by atoms with Crippen molar-refractivity contribution in [3.05, 3.63) is 58.5 Å². The monoisotopic (exact) mass is 456 g/mol. The zero-order valence-electron chi connectivity index (χ0n) is 17.1. The molecule has 0 aliphatic carbocycles. The second-order valence-corrected chi connectivity index (χ2v) is 8.98. The van der Waals surface area contributed by atoms with Crippen LogP contribution in [0.3, 0.4) is 0 Å². The van der Waals surface area contributed by atoms with Gasteiger partial charge >= 0.3 is 0 Å². The van der Waals surface area contributed by atoms with E-state index in [1.807, 2.05) is 31.2 Å². The quantitative estimate of drug-likeness (QED) is 0.300. The molecule has 31 heavy (non-hydrogen) atoms. The van der Waals surface area contributed by atoms with Crippen molar-refractivity contribution >= 4 is 51.9 Å². The topological polar surface area (TPSA) is 89.9 Å². The minimum atomic E-state index is -0.195. The van der Waals surface area contributed by atoms with Crippen LogP contribution in [0, 0.1) is 6.92 Å². The van der Waals surface area contributed by atoms with Crippen LogP contribution >= 0.6 is 24.0 Å². The molecule has 2 aromatic rings. The number of unbranched alkanes of at least 4 members (excludes halogenated alkanes) is 2. The Hall–Kier alpha value is -2.84. The summed E-state index contributed by atoms with van der Waals surface area (Å²) in [6.07, 6.45) is 4.26. The fourth-order valence-electron chi connectivity index (χ4n) is 3.08. The molecule has 0 bridgehead atoms. The Bertz CT molecular complexity index is 1020. The van der Waals surface area contributed by atoms with Crippen LogP contribution in [-0.4, -0.2) is 37.8 Å². The molecule has 1 heterocycles. The van der Waals surface area contributed by atoms with E-state index in [4.69, 9.17) is 12.2 Å². The van der Waals surface area contributed by atoms with Gasteiger partial charge in [-0.15, -0.1) is 0 Å². The molecule has 1 fully saturated rings. The van der Waals surface area contributed by atoms with Crippen molar-refractivity contribution in [2.45, 2.75) is 32.6 Å². The number of hydrogen-bond donors (Lipinski definition) is 3. The molecule has 1 saturated heterocycles. The largest absolute Gasteiger partial charge is 0.508 e. The minimum Gasteiger partial charge on any atom is -0.508 e. The van der Waals surface area contributed by atoms with Crippen LogP contribution in [0.15, 0.2) is 47.4 Å². The van der Waals surface area contributed by atoms with E-state index in [-0.39, 0.29) is 23.3 Å². The van der Waals surface area contributed by atoms with Crippen molar-refractivity contribution in [3.8, 4) is 11.5 Å². The van der Waals surface area contributed by atoms with Gasteiger partial charge in [-0.2, -0.15) is 0 Å². The fourth-order valence-corrected chi connectivity index (χ4v) is 4.38. The lowest BCUT2D eigenvalue weighted by Gasteiger charge is -2.14. The summed E-state index contributed by atoms with van der Waals surface area (Å²) in [4.78, 5) is 26.7. The highest BCUT2D eigenvalue weighted by Crippen LogP contribution is 2.35. The lowest BCUT2D eigenvalue weighted by molar-refractivity contribution is -0.122. The predicted molar refractivity (Wildman–Crippen MR) is 128 cm³/mol. The number of phenols is 2. The summed E-state index contributed by atoms with van der Waals surface area (Å²) in [6.45, 7) is 2.49. The molecule has 2 aromatic carbocycles. The standard InChI is InChI=1S/C23H24N2O4S2/c1-15-6-9-17(10-7-15)24-21(28)5-3-2-4-12-25-22(29)20(31-23(25)30)13-16-8-11-18(26)14-19(16)27/h6-11,13-14,26-27H,2-5,12H2,1H3,(H,24,28)/b20-13-. The first kappa shape index (κ1) is 22.8. The van der Waals surface area contributed by atoms with Gasteiger partial charge in [0.15, 0.2) is 0 Å². The first-order chi connectivity index (χ1) is 14.8. The van der Waals surface area contributed by atoms with Crippen molar-refractivity contribution in [3.63, 3.8) is 0 Å². The Morgan fingerprint density at radius 1 is 1.13 bits per heavy atom. The van der Waals surface area contributed by atoms with Gasteiger partial charge in [-0.1, -0.05) is 48.1 Å². The van der Waals surface area contributed by atoms with Crippen molar-refractivity contribution in [2.75, 3.05) is 11.9 Å². The minimum absolute atomic E-state index is 0.0221. The highest BCUT2D eigenvalue weighted by atomic mass is 32.2. The van der Waals surface area contributed by atoms with E-state index in [0.717, 1.165) is 30.5 Å². The van der Waals surface area contributed by atoms with Crippen molar-refractivity contribution in [1.82, 2.24) is 4.90 Å². The number of thiocarbonyl (C=S) groups is 1. The summed E-state index contributed by atoms with van der Waals surface area (Å²) in [7, 11) is 0. The maximum Gasteiger partial charge on any atom is 0.266 e. The van der Waals surface area contributed by atoms with Gasteiger partial charge in [0.2, 0.25) is 5.91 Å². The maximum atomic E-state index is 12.7. The number of carbonyl (C=O) groups is 2. The zero-order chi connectivity index (χ0) is 22.4. The van der Waals surface area contributed by atoms with Gasteiger partial charge in [-0.05, 0) is 50.1 Å². The third-order valence-electron chi connectivity index (χ3n) is 4.80. The van der Waals surface area contributed by atoms with Crippen LogP contribution in [0.2, 0.25) is 0 Å². The van der Waals surface area contributed by atoms with E-state index in [1.54, 1.807) is 17.0 Å². The predicted octanol–water partition coefficient (Wildman–Crippen LogP) is 4.81. The lowest BCUT2D eigenvalue weighted by Crippen LogP contribution is -2.29. The fraction of sp³-hybridized carbons (Fsp3) is 0.261. The first-order valence-electron chi connectivity index (χ1n) is 9.97. The third-order valence-corrected chi connectivity index (χ3v) is 6.17. The second kappa shape index (κ2) is 10.5. The maximum absolute atomic E-state index is 12.7. The molecule has 0 aromatic heterocycles. The molecular weight excluding hydrogens is 432 g/mol. The number of aromatic hydroxyl groups is 2. The number of aryl methyl sites for hydroxylation is 1. The normalized spacial score (nSPS) is 15.0. The molecule has 1 aliphatic rings. The molecule has 1 aliphatic heterocycles. The average molecular weight is 457 g/mol. The number of phenolic OH excluding ortho intramolecular Hbond substituents is 2. The molecular formula is C23H24N2O4S2. The van der Waals surface area contributed by atoms with Crippen molar-refractivity contribution in [1.29, 1.82) is 0 Å². The molecule has 0 atom stereocenters. The Morgan fingerprint density at radius 3 is 2.58 bits per heavy atom. The van der Waals surface area contributed by atoms with Gasteiger partial charge in [0.1, 0.15) is 15.8 Å². The molecule has 162 valence electrons. The Labute approximate surface area is 191 Å². The first-order valence-corrected chi connectivity index (χ1v) is 11.2. The van der Waals surface area contributed by atoms with E-state index in [9.17, 15) is 19.8 Å². The van der Waals surface area contributed by atoms with E-state index in [1.165, 1.54) is 23.9 Å². The molecule has 0 radical (unpaired) electrons. The van der Waals surface area contributed by atoms with Crippen LogP contribution in [-0.2, 0) is 9.59 Å². The highest BCUT2D eigenvalue weighted by Gasteiger charge is 2.31. The Morgan fingerprint density at radius 2 is 1.87 bits per heavy atom. The molecule has 3 rings (SSSR count). The molecule has 0 saturated carbocycles. The number of carbonyl (C=O) groups excluding carboxylic acids is 2. The van der Waals surface area contributed by atoms with E-state index in [0.29, 0.717) is 27.8 Å². The molecule has 2 amide bonds. The van der Waals surface area contributed by atoms with Crippen LogP contribution in [0.4, 0.5) is 5.69 Å². The third kappa shape index (κ3) is 6.32. The number of thioether (sulfide) groups is 1. The lowest BCUT2D eigenvalue weighted by atomic mass is 10.1. The average Bonchev–Trinajstić information content (AvgIpc) is 2.98. The summed E-state index contributed by atoms with van der Waals surface area (Å²) >= 11 is 6.52. The molecule has 6 nitrogen and oxygen atoms in total. The number of rotatable bonds is 8. The summed E-state index contributed by atoms with van der Waals surface area (Å²) in [5.74, 6) is -0.366. The number of amides is 2. The van der Waals surface area contributed by atoms with Crippen molar-refractivity contribution < 1.29 is 19.8 Å². The SMILES string of the molecule is Cc1ccc(NC(=O)CCCCCN2C(=O)/C(=C/c3ccc(O)cc3O)SC2=S)cc1. The number of hydrogen-bond acceptors (Lipinski definition) is 6. The van der Waals surface area contributed by atoms with Crippen molar-refractivity contribution in [2.24, 2.45) is 0 Å². The number of benzene rings is 2. The Balaban J connectivity index is 1.43. The summed E-state index contributed by atoms with van der Waals surface area (Å²) in [6, 6.07) is 11.9. The Kier molecular flexibility index (Phi) is 7.70. The van der Waals surface area contributed by atoms with E-state index >= 15 is 0 Å². The van der Waals surface area contributed by atoms with Gasteiger partial charge in [0, 0.05) is 30.3 Å². The molecule has 0 unspecified atom stereocenters. The zero-order valence-corrected chi connectivity index (χ0v) is 18.8. The van der Waals surface area contributed by atoms with Gasteiger partial charge < -0.3 is 15.5 Å².